The number of aromatic nitrogens is 7. The lowest BCUT2D eigenvalue weighted by Gasteiger charge is -2.31. The molecule has 0 saturated heterocycles. The van der Waals surface area contributed by atoms with E-state index >= 15 is 0 Å². The van der Waals surface area contributed by atoms with E-state index in [9.17, 15) is 4.79 Å². The van der Waals surface area contributed by atoms with Gasteiger partial charge in [0.05, 0.1) is 12.0 Å². The van der Waals surface area contributed by atoms with Crippen molar-refractivity contribution in [3.8, 4) is 11.6 Å². The van der Waals surface area contributed by atoms with Crippen molar-refractivity contribution in [1.82, 2.24) is 39.8 Å². The molecule has 1 amide bonds. The first-order valence-electron chi connectivity index (χ1n) is 10.1. The summed E-state index contributed by atoms with van der Waals surface area (Å²) in [6.45, 7) is 2.40. The predicted octanol–water partition coefficient (Wildman–Crippen LogP) is 2.43. The molecule has 160 valence electrons. The summed E-state index contributed by atoms with van der Waals surface area (Å²) in [6.07, 6.45) is 3.98. The Labute approximate surface area is 181 Å². The maximum Gasteiger partial charge on any atom is 0.312 e. The summed E-state index contributed by atoms with van der Waals surface area (Å²) in [5.41, 5.74) is 4.57. The van der Waals surface area contributed by atoms with Gasteiger partial charge in [0.2, 0.25) is 5.89 Å². The van der Waals surface area contributed by atoms with Crippen LogP contribution < -0.4 is 0 Å². The number of fused-ring (bicyclic) bond motifs is 2. The van der Waals surface area contributed by atoms with E-state index in [-0.39, 0.29) is 11.8 Å². The lowest BCUT2D eigenvalue weighted by Crippen LogP contribution is -2.41. The summed E-state index contributed by atoms with van der Waals surface area (Å²) in [6, 6.07) is 6.91. The highest BCUT2D eigenvalue weighted by Crippen LogP contribution is 2.35. The number of aromatic amines is 1. The Bertz CT molecular complexity index is 1460. The fourth-order valence-corrected chi connectivity index (χ4v) is 3.98. The first kappa shape index (κ1) is 18.5. The lowest BCUT2D eigenvalue weighted by atomic mass is 10.0. The molecule has 0 fully saturated rings. The molecule has 32 heavy (non-hydrogen) atoms. The Morgan fingerprint density at radius 3 is 2.97 bits per heavy atom. The number of nitrogens with one attached hydrogen (secondary N) is 1. The van der Waals surface area contributed by atoms with E-state index in [0.717, 1.165) is 16.8 Å². The smallest absolute Gasteiger partial charge is 0.312 e. The first-order chi connectivity index (χ1) is 15.6. The van der Waals surface area contributed by atoms with Gasteiger partial charge in [-0.05, 0) is 30.7 Å². The van der Waals surface area contributed by atoms with Crippen molar-refractivity contribution in [2.24, 2.45) is 7.05 Å². The zero-order chi connectivity index (χ0) is 21.8. The van der Waals surface area contributed by atoms with Crippen molar-refractivity contribution in [3.05, 3.63) is 65.5 Å². The molecule has 1 aliphatic rings. The van der Waals surface area contributed by atoms with E-state index in [1.54, 1.807) is 35.2 Å². The van der Waals surface area contributed by atoms with Gasteiger partial charge in [-0.25, -0.2) is 9.97 Å². The molecule has 5 aromatic rings. The molecule has 0 aliphatic carbocycles. The minimum Gasteiger partial charge on any atom is -0.438 e. The number of hydrogen-bond donors (Lipinski definition) is 1. The van der Waals surface area contributed by atoms with Gasteiger partial charge >= 0.3 is 11.8 Å². The molecule has 5 heterocycles. The summed E-state index contributed by atoms with van der Waals surface area (Å²) >= 11 is 0. The van der Waals surface area contributed by atoms with E-state index in [0.29, 0.717) is 35.8 Å². The number of aryl methyl sites for hydroxylation is 2. The number of oxazole rings is 1. The molecule has 11 nitrogen and oxygen atoms in total. The maximum absolute atomic E-state index is 13.4. The molecule has 11 heteroatoms. The topological polar surface area (TPSA) is 132 Å². The normalized spacial score (nSPS) is 15.9. The van der Waals surface area contributed by atoms with Crippen molar-refractivity contribution >= 4 is 17.0 Å². The van der Waals surface area contributed by atoms with Crippen LogP contribution in [0.1, 0.15) is 39.6 Å². The van der Waals surface area contributed by atoms with Crippen molar-refractivity contribution in [1.29, 1.82) is 0 Å². The van der Waals surface area contributed by atoms with Gasteiger partial charge in [-0.2, -0.15) is 5.10 Å². The number of hydrogen-bond acceptors (Lipinski definition) is 8. The zero-order valence-electron chi connectivity index (χ0n) is 17.3. The van der Waals surface area contributed by atoms with Crippen molar-refractivity contribution < 1.29 is 13.6 Å². The van der Waals surface area contributed by atoms with Gasteiger partial charge in [-0.15, -0.1) is 10.2 Å². The molecule has 0 bridgehead atoms. The number of carbonyl (C=O) groups is 1. The highest BCUT2D eigenvalue weighted by molar-refractivity contribution is 5.90. The highest BCUT2D eigenvalue weighted by atomic mass is 16.4. The van der Waals surface area contributed by atoms with E-state index in [2.05, 4.69) is 30.2 Å². The Morgan fingerprint density at radius 1 is 1.22 bits per heavy atom. The third-order valence-corrected chi connectivity index (χ3v) is 5.52. The fraction of sp³-hybridized carbons (Fsp3) is 0.238. The summed E-state index contributed by atoms with van der Waals surface area (Å²) in [7, 11) is 1.79. The minimum absolute atomic E-state index is 0.124. The Kier molecular flexibility index (Phi) is 3.97. The van der Waals surface area contributed by atoms with Gasteiger partial charge in [0.1, 0.15) is 11.2 Å². The van der Waals surface area contributed by atoms with Crippen molar-refractivity contribution in [2.45, 2.75) is 19.4 Å². The quantitative estimate of drug-likeness (QED) is 0.462. The monoisotopic (exact) mass is 430 g/mol. The first-order valence-corrected chi connectivity index (χ1v) is 10.1. The van der Waals surface area contributed by atoms with Gasteiger partial charge in [0.25, 0.3) is 5.89 Å². The molecule has 6 rings (SSSR count). The molecule has 0 unspecified atom stereocenters. The lowest BCUT2D eigenvalue weighted by molar-refractivity contribution is 0.0627. The number of benzene rings is 1. The van der Waals surface area contributed by atoms with Gasteiger partial charge < -0.3 is 18.7 Å². The average molecular weight is 430 g/mol. The minimum atomic E-state index is -0.615. The van der Waals surface area contributed by atoms with Crippen LogP contribution in [-0.2, 0) is 13.5 Å². The summed E-state index contributed by atoms with van der Waals surface area (Å²) in [4.78, 5) is 27.3. The number of amides is 1. The van der Waals surface area contributed by atoms with Gasteiger partial charge in [0.15, 0.2) is 11.6 Å². The molecule has 0 spiro atoms. The number of imidazole rings is 1. The van der Waals surface area contributed by atoms with Crippen LogP contribution in [0.4, 0.5) is 0 Å². The zero-order valence-corrected chi connectivity index (χ0v) is 17.3. The van der Waals surface area contributed by atoms with E-state index in [1.165, 1.54) is 0 Å². The summed E-state index contributed by atoms with van der Waals surface area (Å²) in [5, 5.41) is 12.2. The number of H-pyrrole nitrogens is 1. The van der Waals surface area contributed by atoms with Crippen LogP contribution in [0.3, 0.4) is 0 Å². The second-order valence-electron chi connectivity index (χ2n) is 7.73. The largest absolute Gasteiger partial charge is 0.438 e. The van der Waals surface area contributed by atoms with Gasteiger partial charge in [-0.1, -0.05) is 6.07 Å². The van der Waals surface area contributed by atoms with Crippen molar-refractivity contribution in [3.63, 3.8) is 0 Å². The summed E-state index contributed by atoms with van der Waals surface area (Å²) in [5.74, 6) is 0.0233. The van der Waals surface area contributed by atoms with Gasteiger partial charge in [-0.3, -0.25) is 9.48 Å². The van der Waals surface area contributed by atoms with E-state index in [1.807, 2.05) is 25.1 Å². The third-order valence-electron chi connectivity index (χ3n) is 5.52. The van der Waals surface area contributed by atoms with Crippen LogP contribution in [0.15, 0.2) is 45.6 Å². The van der Waals surface area contributed by atoms with Gasteiger partial charge in [0, 0.05) is 31.9 Å². The second kappa shape index (κ2) is 6.87. The predicted molar refractivity (Wildman–Crippen MR) is 110 cm³/mol. The third kappa shape index (κ3) is 2.89. The molecular weight excluding hydrogens is 412 g/mol. The average Bonchev–Trinajstić information content (AvgIpc) is 3.57. The second-order valence-corrected chi connectivity index (χ2v) is 7.73. The number of nitrogens with zero attached hydrogens (tertiary/aromatic N) is 7. The Balaban J connectivity index is 1.40. The van der Waals surface area contributed by atoms with Crippen LogP contribution >= 0.6 is 0 Å². The molecule has 1 aromatic carbocycles. The van der Waals surface area contributed by atoms with Crippen LogP contribution in [0.2, 0.25) is 0 Å². The van der Waals surface area contributed by atoms with E-state index in [4.69, 9.17) is 8.83 Å². The Morgan fingerprint density at radius 2 is 2.12 bits per heavy atom. The van der Waals surface area contributed by atoms with Crippen LogP contribution in [0.25, 0.3) is 22.7 Å². The number of rotatable bonds is 3. The maximum atomic E-state index is 13.4. The Hall–Kier alpha value is -4.28. The standard InChI is InChI=1S/C21H18N8O3/c1-11-3-4-12-15(9-11)31-19(24-12)17-16-13(22-10-23-16)6-8-29(17)21(30)20-26-25-18(32-20)14-5-7-28(2)27-14/h3-5,7,9-10,17H,6,8H2,1-2H3,(H,22,23)/t17-/m0/s1. The van der Waals surface area contributed by atoms with Crippen LogP contribution in [-0.4, -0.2) is 52.3 Å². The van der Waals surface area contributed by atoms with Crippen LogP contribution in [0, 0.1) is 6.92 Å². The van der Waals surface area contributed by atoms with Crippen LogP contribution in [0.5, 0.6) is 0 Å². The molecule has 0 radical (unpaired) electrons. The highest BCUT2D eigenvalue weighted by Gasteiger charge is 2.39. The summed E-state index contributed by atoms with van der Waals surface area (Å²) < 4.78 is 13.3. The van der Waals surface area contributed by atoms with Crippen molar-refractivity contribution in [2.75, 3.05) is 6.54 Å². The molecular formula is C21H18N8O3. The molecule has 4 aromatic heterocycles. The number of carbonyl (C=O) groups excluding carboxylic acids is 1. The molecule has 1 atom stereocenters. The van der Waals surface area contributed by atoms with E-state index < -0.39 is 11.9 Å². The fourth-order valence-electron chi connectivity index (χ4n) is 3.98. The molecule has 1 N–H and O–H groups in total. The molecule has 0 saturated carbocycles. The SMILES string of the molecule is Cc1ccc2nc([C@@H]3c4nc[nH]c4CCN3C(=O)c3nnc(-c4ccn(C)n4)o3)oc2c1. The molecule has 1 aliphatic heterocycles.